The third-order valence-corrected chi connectivity index (χ3v) is 4.30. The Morgan fingerprint density at radius 1 is 1.04 bits per heavy atom. The molecule has 1 aromatic heterocycles. The average molecular weight is 358 g/mol. The summed E-state index contributed by atoms with van der Waals surface area (Å²) in [5.74, 6) is 1.00. The molecule has 0 fully saturated rings. The quantitative estimate of drug-likeness (QED) is 0.553. The number of aromatic nitrogens is 1. The molecule has 5 heteroatoms. The van der Waals surface area contributed by atoms with Crippen molar-refractivity contribution in [1.29, 1.82) is 0 Å². The first-order chi connectivity index (χ1) is 13.1. The van der Waals surface area contributed by atoms with Gasteiger partial charge in [0.2, 0.25) is 5.89 Å². The molecule has 1 heterocycles. The van der Waals surface area contributed by atoms with E-state index in [9.17, 15) is 4.79 Å². The van der Waals surface area contributed by atoms with Crippen molar-refractivity contribution in [2.24, 2.45) is 0 Å². The fourth-order valence-electron chi connectivity index (χ4n) is 2.85. The molecule has 0 atom stereocenters. The normalized spacial score (nSPS) is 10.7. The van der Waals surface area contributed by atoms with Crippen molar-refractivity contribution in [3.05, 3.63) is 77.9 Å². The molecule has 0 unspecified atom stereocenters. The van der Waals surface area contributed by atoms with Crippen LogP contribution in [0.2, 0.25) is 0 Å². The molecule has 4 aromatic rings. The van der Waals surface area contributed by atoms with Crippen molar-refractivity contribution in [3.63, 3.8) is 0 Å². The van der Waals surface area contributed by atoms with E-state index in [1.54, 1.807) is 25.3 Å². The van der Waals surface area contributed by atoms with Gasteiger partial charge in [0.15, 0.2) is 5.58 Å². The minimum Gasteiger partial charge on any atom is -0.496 e. The van der Waals surface area contributed by atoms with E-state index in [2.05, 4.69) is 10.3 Å². The molecule has 0 saturated heterocycles. The number of fused-ring (bicyclic) bond motifs is 1. The number of nitrogens with one attached hydrogen (secondary N) is 1. The first-order valence-corrected chi connectivity index (χ1v) is 8.56. The van der Waals surface area contributed by atoms with Gasteiger partial charge in [-0.1, -0.05) is 29.8 Å². The molecule has 0 radical (unpaired) electrons. The minimum atomic E-state index is -0.168. The highest BCUT2D eigenvalue weighted by Crippen LogP contribution is 2.32. The average Bonchev–Trinajstić information content (AvgIpc) is 3.11. The topological polar surface area (TPSA) is 64.4 Å². The number of aryl methyl sites for hydroxylation is 1. The number of oxazole rings is 1. The summed E-state index contributed by atoms with van der Waals surface area (Å²) in [6.45, 7) is 1.98. The lowest BCUT2D eigenvalue weighted by Gasteiger charge is -2.05. The summed E-state index contributed by atoms with van der Waals surface area (Å²) >= 11 is 0. The lowest BCUT2D eigenvalue weighted by atomic mass is 10.1. The highest BCUT2D eigenvalue weighted by Gasteiger charge is 2.13. The number of methoxy groups -OCH3 is 1. The van der Waals surface area contributed by atoms with Gasteiger partial charge >= 0.3 is 0 Å². The SMILES string of the molecule is COc1ccccc1-c1nc2ccc(NC(=O)c3ccc(C)cc3)cc2o1. The van der Waals surface area contributed by atoms with Gasteiger partial charge < -0.3 is 14.5 Å². The van der Waals surface area contributed by atoms with Gasteiger partial charge in [-0.25, -0.2) is 4.98 Å². The monoisotopic (exact) mass is 358 g/mol. The molecule has 1 amide bonds. The number of carbonyl (C=O) groups is 1. The third-order valence-electron chi connectivity index (χ3n) is 4.30. The molecule has 0 aliphatic carbocycles. The van der Waals surface area contributed by atoms with E-state index in [0.717, 1.165) is 11.1 Å². The minimum absolute atomic E-state index is 0.168. The van der Waals surface area contributed by atoms with Crippen LogP contribution in [0.5, 0.6) is 5.75 Å². The summed E-state index contributed by atoms with van der Waals surface area (Å²) in [4.78, 5) is 16.9. The fraction of sp³-hybridized carbons (Fsp3) is 0.0909. The van der Waals surface area contributed by atoms with E-state index >= 15 is 0 Å². The Morgan fingerprint density at radius 2 is 1.81 bits per heavy atom. The Balaban J connectivity index is 1.63. The van der Waals surface area contributed by atoms with Gasteiger partial charge in [-0.15, -0.1) is 0 Å². The standard InChI is InChI=1S/C22H18N2O3/c1-14-7-9-15(10-8-14)21(25)23-16-11-12-18-20(13-16)27-22(24-18)17-5-3-4-6-19(17)26-2/h3-13H,1-2H3,(H,23,25). The Morgan fingerprint density at radius 3 is 2.59 bits per heavy atom. The number of hydrogen-bond acceptors (Lipinski definition) is 4. The van der Waals surface area contributed by atoms with E-state index in [0.29, 0.717) is 34.0 Å². The summed E-state index contributed by atoms with van der Waals surface area (Å²) in [6.07, 6.45) is 0. The predicted molar refractivity (Wildman–Crippen MR) is 105 cm³/mol. The van der Waals surface area contributed by atoms with Crippen LogP contribution in [0.15, 0.2) is 71.1 Å². The van der Waals surface area contributed by atoms with Gasteiger partial charge in [-0.2, -0.15) is 0 Å². The second-order valence-electron chi connectivity index (χ2n) is 6.22. The molecule has 5 nitrogen and oxygen atoms in total. The second-order valence-corrected chi connectivity index (χ2v) is 6.22. The highest BCUT2D eigenvalue weighted by molar-refractivity contribution is 6.04. The molecule has 0 spiro atoms. The number of nitrogens with zero attached hydrogens (tertiary/aromatic N) is 1. The van der Waals surface area contributed by atoms with E-state index in [4.69, 9.17) is 9.15 Å². The number of benzene rings is 3. The van der Waals surface area contributed by atoms with Crippen LogP contribution in [-0.4, -0.2) is 18.0 Å². The van der Waals surface area contributed by atoms with Crippen LogP contribution in [0, 0.1) is 6.92 Å². The number of rotatable bonds is 4. The van der Waals surface area contributed by atoms with Crippen molar-refractivity contribution in [3.8, 4) is 17.2 Å². The Kier molecular flexibility index (Phi) is 4.34. The van der Waals surface area contributed by atoms with Crippen LogP contribution in [0.25, 0.3) is 22.6 Å². The lowest BCUT2D eigenvalue weighted by Crippen LogP contribution is -2.11. The maximum Gasteiger partial charge on any atom is 0.255 e. The van der Waals surface area contributed by atoms with Gasteiger partial charge in [0.25, 0.3) is 5.91 Å². The molecular weight excluding hydrogens is 340 g/mol. The molecule has 0 saturated carbocycles. The summed E-state index contributed by atoms with van der Waals surface area (Å²) in [5.41, 5.74) is 4.45. The highest BCUT2D eigenvalue weighted by atomic mass is 16.5. The largest absolute Gasteiger partial charge is 0.496 e. The van der Waals surface area contributed by atoms with Gasteiger partial charge in [-0.05, 0) is 43.3 Å². The molecule has 4 rings (SSSR count). The molecule has 0 bridgehead atoms. The third kappa shape index (κ3) is 3.40. The molecule has 0 aliphatic heterocycles. The summed E-state index contributed by atoms with van der Waals surface area (Å²) in [6, 6.07) is 20.4. The van der Waals surface area contributed by atoms with Crippen molar-refractivity contribution in [2.45, 2.75) is 6.92 Å². The van der Waals surface area contributed by atoms with Crippen LogP contribution in [-0.2, 0) is 0 Å². The number of hydrogen-bond donors (Lipinski definition) is 1. The lowest BCUT2D eigenvalue weighted by molar-refractivity contribution is 0.102. The number of ether oxygens (including phenoxy) is 1. The van der Waals surface area contributed by atoms with Crippen molar-refractivity contribution in [2.75, 3.05) is 12.4 Å². The van der Waals surface area contributed by atoms with Gasteiger partial charge in [0.1, 0.15) is 11.3 Å². The van der Waals surface area contributed by atoms with E-state index in [1.807, 2.05) is 55.5 Å². The number of para-hydroxylation sites is 1. The Hall–Kier alpha value is -3.60. The molecule has 134 valence electrons. The van der Waals surface area contributed by atoms with Gasteiger partial charge in [0, 0.05) is 17.3 Å². The van der Waals surface area contributed by atoms with Crippen LogP contribution in [0.1, 0.15) is 15.9 Å². The first kappa shape index (κ1) is 16.8. The maximum absolute atomic E-state index is 12.4. The Bertz CT molecular complexity index is 1110. The molecule has 1 N–H and O–H groups in total. The number of carbonyl (C=O) groups excluding carboxylic acids is 1. The van der Waals surface area contributed by atoms with Crippen molar-refractivity contribution >= 4 is 22.7 Å². The van der Waals surface area contributed by atoms with Gasteiger partial charge in [-0.3, -0.25) is 4.79 Å². The van der Waals surface area contributed by atoms with Crippen LogP contribution >= 0.6 is 0 Å². The fourth-order valence-corrected chi connectivity index (χ4v) is 2.85. The van der Waals surface area contributed by atoms with E-state index < -0.39 is 0 Å². The Labute approximate surface area is 156 Å². The summed E-state index contributed by atoms with van der Waals surface area (Å²) < 4.78 is 11.3. The predicted octanol–water partition coefficient (Wildman–Crippen LogP) is 5.06. The summed E-state index contributed by atoms with van der Waals surface area (Å²) in [5, 5.41) is 2.89. The van der Waals surface area contributed by atoms with E-state index in [1.165, 1.54) is 0 Å². The zero-order valence-corrected chi connectivity index (χ0v) is 15.0. The molecule has 0 aliphatic rings. The summed E-state index contributed by atoms with van der Waals surface area (Å²) in [7, 11) is 1.61. The zero-order valence-electron chi connectivity index (χ0n) is 15.0. The zero-order chi connectivity index (χ0) is 18.8. The molecule has 3 aromatic carbocycles. The smallest absolute Gasteiger partial charge is 0.255 e. The van der Waals surface area contributed by atoms with Gasteiger partial charge in [0.05, 0.1) is 12.7 Å². The van der Waals surface area contributed by atoms with Crippen molar-refractivity contribution < 1.29 is 13.9 Å². The van der Waals surface area contributed by atoms with E-state index in [-0.39, 0.29) is 5.91 Å². The number of anilines is 1. The van der Waals surface area contributed by atoms with Crippen LogP contribution in [0.4, 0.5) is 5.69 Å². The van der Waals surface area contributed by atoms with Crippen LogP contribution in [0.3, 0.4) is 0 Å². The molecular formula is C22H18N2O3. The first-order valence-electron chi connectivity index (χ1n) is 8.56. The molecule has 27 heavy (non-hydrogen) atoms. The maximum atomic E-state index is 12.4. The van der Waals surface area contributed by atoms with Crippen molar-refractivity contribution in [1.82, 2.24) is 4.98 Å². The van der Waals surface area contributed by atoms with Crippen LogP contribution < -0.4 is 10.1 Å². The number of amides is 1. The second kappa shape index (κ2) is 6.96.